The van der Waals surface area contributed by atoms with Crippen molar-refractivity contribution in [2.24, 2.45) is 0 Å². The summed E-state index contributed by atoms with van der Waals surface area (Å²) in [6.45, 7) is 4.18. The van der Waals surface area contributed by atoms with Crippen LogP contribution in [-0.2, 0) is 4.79 Å². The Kier molecular flexibility index (Phi) is 5.09. The van der Waals surface area contributed by atoms with Gasteiger partial charge in [-0.15, -0.1) is 11.3 Å². The van der Waals surface area contributed by atoms with Crippen molar-refractivity contribution in [2.75, 3.05) is 18.4 Å². The monoisotopic (exact) mass is 353 g/mol. The predicted octanol–water partition coefficient (Wildman–Crippen LogP) is 3.71. The second-order valence-corrected chi connectivity index (χ2v) is 6.55. The first kappa shape index (κ1) is 17.1. The molecule has 2 aromatic carbocycles. The first-order valence-electron chi connectivity index (χ1n) is 8.07. The quantitative estimate of drug-likeness (QED) is 0.761. The van der Waals surface area contributed by atoms with E-state index in [4.69, 9.17) is 0 Å². The summed E-state index contributed by atoms with van der Waals surface area (Å²) in [5, 5.41) is 7.07. The number of aromatic nitrogens is 1. The fourth-order valence-corrected chi connectivity index (χ4v) is 3.36. The lowest BCUT2D eigenvalue weighted by Gasteiger charge is -2.21. The number of anilines is 1. The number of hydrogen-bond acceptors (Lipinski definition) is 4. The van der Waals surface area contributed by atoms with Crippen molar-refractivity contribution in [3.05, 3.63) is 59.1 Å². The molecule has 1 heterocycles. The highest BCUT2D eigenvalue weighted by Gasteiger charge is 2.19. The van der Waals surface area contributed by atoms with Gasteiger partial charge in [0, 0.05) is 17.5 Å². The number of carbonyl (C=O) groups is 2. The molecule has 0 radical (unpaired) electrons. The zero-order chi connectivity index (χ0) is 17.8. The van der Waals surface area contributed by atoms with Gasteiger partial charge in [0.15, 0.2) is 5.13 Å². The van der Waals surface area contributed by atoms with E-state index >= 15 is 0 Å². The Balaban J connectivity index is 1.77. The summed E-state index contributed by atoms with van der Waals surface area (Å²) < 4.78 is 0. The normalized spacial score (nSPS) is 10.6. The first-order valence-corrected chi connectivity index (χ1v) is 8.95. The summed E-state index contributed by atoms with van der Waals surface area (Å²) in [6.07, 6.45) is 0. The van der Waals surface area contributed by atoms with Crippen molar-refractivity contribution in [1.82, 2.24) is 9.88 Å². The molecule has 1 N–H and O–H groups in total. The van der Waals surface area contributed by atoms with Crippen molar-refractivity contribution in [3.8, 4) is 0 Å². The van der Waals surface area contributed by atoms with Crippen LogP contribution in [-0.4, -0.2) is 34.8 Å². The molecule has 25 heavy (non-hydrogen) atoms. The van der Waals surface area contributed by atoms with Crippen molar-refractivity contribution in [2.45, 2.75) is 13.8 Å². The minimum absolute atomic E-state index is 0.00280. The average molecular weight is 353 g/mol. The second-order valence-electron chi connectivity index (χ2n) is 5.69. The SMILES string of the molecule is CCN(CC(=O)Nc1nc(C)cs1)C(=O)c1cccc2ccccc12. The van der Waals surface area contributed by atoms with Gasteiger partial charge in [0.2, 0.25) is 5.91 Å². The van der Waals surface area contributed by atoms with E-state index in [0.29, 0.717) is 17.2 Å². The topological polar surface area (TPSA) is 62.3 Å². The Hall–Kier alpha value is -2.73. The Morgan fingerprint density at radius 2 is 1.92 bits per heavy atom. The van der Waals surface area contributed by atoms with Crippen LogP contribution in [0.15, 0.2) is 47.8 Å². The Morgan fingerprint density at radius 3 is 2.64 bits per heavy atom. The number of rotatable bonds is 5. The molecule has 0 fully saturated rings. The van der Waals surface area contributed by atoms with Gasteiger partial charge in [-0.05, 0) is 30.7 Å². The van der Waals surface area contributed by atoms with Crippen molar-refractivity contribution < 1.29 is 9.59 Å². The molecule has 0 spiro atoms. The van der Waals surface area contributed by atoms with Crippen LogP contribution >= 0.6 is 11.3 Å². The Labute approximate surface area is 150 Å². The van der Waals surface area contributed by atoms with Crippen LogP contribution in [0.3, 0.4) is 0 Å². The Bertz CT molecular complexity index is 914. The van der Waals surface area contributed by atoms with E-state index in [0.717, 1.165) is 16.5 Å². The third-order valence-electron chi connectivity index (χ3n) is 3.89. The molecule has 3 aromatic rings. The van der Waals surface area contributed by atoms with Crippen molar-refractivity contribution in [1.29, 1.82) is 0 Å². The van der Waals surface area contributed by atoms with Crippen LogP contribution in [0.5, 0.6) is 0 Å². The van der Waals surface area contributed by atoms with E-state index in [1.807, 2.05) is 55.6 Å². The van der Waals surface area contributed by atoms with Crippen LogP contribution in [0.2, 0.25) is 0 Å². The molecule has 2 amide bonds. The van der Waals surface area contributed by atoms with E-state index in [1.54, 1.807) is 6.07 Å². The highest BCUT2D eigenvalue weighted by Crippen LogP contribution is 2.20. The lowest BCUT2D eigenvalue weighted by Crippen LogP contribution is -2.38. The average Bonchev–Trinajstić information content (AvgIpc) is 3.03. The van der Waals surface area contributed by atoms with E-state index in [9.17, 15) is 9.59 Å². The smallest absolute Gasteiger partial charge is 0.254 e. The summed E-state index contributed by atoms with van der Waals surface area (Å²) in [7, 11) is 0. The van der Waals surface area contributed by atoms with Crippen LogP contribution in [0.4, 0.5) is 5.13 Å². The third kappa shape index (κ3) is 3.85. The molecule has 0 aliphatic heterocycles. The molecule has 1 aromatic heterocycles. The molecular formula is C19H19N3O2S. The lowest BCUT2D eigenvalue weighted by atomic mass is 10.0. The van der Waals surface area contributed by atoms with Gasteiger partial charge >= 0.3 is 0 Å². The number of likely N-dealkylation sites (N-methyl/N-ethyl adjacent to an activating group) is 1. The molecule has 0 bridgehead atoms. The standard InChI is InChI=1S/C19H19N3O2S/c1-3-22(11-17(23)21-19-20-13(2)12-25-19)18(24)16-10-6-8-14-7-4-5-9-15(14)16/h4-10,12H,3,11H2,1-2H3,(H,20,21,23). The first-order chi connectivity index (χ1) is 12.1. The van der Waals surface area contributed by atoms with Gasteiger partial charge in [0.25, 0.3) is 5.91 Å². The van der Waals surface area contributed by atoms with E-state index in [2.05, 4.69) is 10.3 Å². The van der Waals surface area contributed by atoms with E-state index < -0.39 is 0 Å². The van der Waals surface area contributed by atoms with Gasteiger partial charge in [-0.1, -0.05) is 36.4 Å². The van der Waals surface area contributed by atoms with E-state index in [1.165, 1.54) is 16.2 Å². The lowest BCUT2D eigenvalue weighted by molar-refractivity contribution is -0.116. The maximum atomic E-state index is 12.9. The highest BCUT2D eigenvalue weighted by atomic mass is 32.1. The molecular weight excluding hydrogens is 334 g/mol. The number of amides is 2. The van der Waals surface area contributed by atoms with Crippen LogP contribution in [0.25, 0.3) is 10.8 Å². The van der Waals surface area contributed by atoms with Gasteiger partial charge < -0.3 is 10.2 Å². The molecule has 0 aliphatic carbocycles. The number of hydrogen-bond donors (Lipinski definition) is 1. The summed E-state index contributed by atoms with van der Waals surface area (Å²) in [6, 6.07) is 13.4. The molecule has 0 aliphatic rings. The number of nitrogens with zero attached hydrogens (tertiary/aromatic N) is 2. The van der Waals surface area contributed by atoms with E-state index in [-0.39, 0.29) is 18.4 Å². The molecule has 0 unspecified atom stereocenters. The van der Waals surface area contributed by atoms with Gasteiger partial charge in [-0.2, -0.15) is 0 Å². The number of fused-ring (bicyclic) bond motifs is 1. The summed E-state index contributed by atoms with van der Waals surface area (Å²) in [5.41, 5.74) is 1.47. The fraction of sp³-hybridized carbons (Fsp3) is 0.211. The number of carbonyl (C=O) groups excluding carboxylic acids is 2. The number of benzene rings is 2. The Morgan fingerprint density at radius 1 is 1.16 bits per heavy atom. The molecule has 3 rings (SSSR count). The van der Waals surface area contributed by atoms with Crippen LogP contribution in [0.1, 0.15) is 23.0 Å². The maximum Gasteiger partial charge on any atom is 0.254 e. The fourth-order valence-electron chi connectivity index (χ4n) is 2.65. The molecule has 0 saturated heterocycles. The zero-order valence-corrected chi connectivity index (χ0v) is 15.0. The van der Waals surface area contributed by atoms with Crippen LogP contribution < -0.4 is 5.32 Å². The van der Waals surface area contributed by atoms with Gasteiger partial charge in [-0.25, -0.2) is 4.98 Å². The number of thiazole rings is 1. The maximum absolute atomic E-state index is 12.9. The molecule has 0 atom stereocenters. The van der Waals surface area contributed by atoms with Gasteiger partial charge in [0.05, 0.1) is 5.69 Å². The van der Waals surface area contributed by atoms with Gasteiger partial charge in [0.1, 0.15) is 6.54 Å². The minimum Gasteiger partial charge on any atom is -0.330 e. The zero-order valence-electron chi connectivity index (χ0n) is 14.2. The molecule has 5 nitrogen and oxygen atoms in total. The van der Waals surface area contributed by atoms with Crippen molar-refractivity contribution in [3.63, 3.8) is 0 Å². The predicted molar refractivity (Wildman–Crippen MR) is 101 cm³/mol. The molecule has 0 saturated carbocycles. The van der Waals surface area contributed by atoms with Crippen LogP contribution in [0, 0.1) is 6.92 Å². The molecule has 128 valence electrons. The number of aryl methyl sites for hydroxylation is 1. The minimum atomic E-state index is -0.246. The number of nitrogens with one attached hydrogen (secondary N) is 1. The highest BCUT2D eigenvalue weighted by molar-refractivity contribution is 7.13. The summed E-state index contributed by atoms with van der Waals surface area (Å²) in [4.78, 5) is 30.9. The third-order valence-corrected chi connectivity index (χ3v) is 4.76. The summed E-state index contributed by atoms with van der Waals surface area (Å²) >= 11 is 1.37. The summed E-state index contributed by atoms with van der Waals surface area (Å²) in [5.74, 6) is -0.394. The largest absolute Gasteiger partial charge is 0.330 e. The van der Waals surface area contributed by atoms with Crippen molar-refractivity contribution >= 4 is 39.1 Å². The second kappa shape index (κ2) is 7.44. The van der Waals surface area contributed by atoms with Gasteiger partial charge in [-0.3, -0.25) is 9.59 Å². The molecule has 6 heteroatoms.